The van der Waals surface area contributed by atoms with Crippen LogP contribution in [0.4, 0.5) is 23.1 Å². The first-order valence-electron chi connectivity index (χ1n) is 14.1. The lowest BCUT2D eigenvalue weighted by Gasteiger charge is -2.16. The molecule has 0 spiro atoms. The predicted octanol–water partition coefficient (Wildman–Crippen LogP) is 1.50. The van der Waals surface area contributed by atoms with Crippen LogP contribution in [0, 0.1) is 0 Å². The second kappa shape index (κ2) is 15.1. The van der Waals surface area contributed by atoms with E-state index < -0.39 is 29.7 Å². The highest BCUT2D eigenvalue weighted by molar-refractivity contribution is 5.97. The number of methoxy groups -OCH3 is 2. The molecule has 4 rings (SSSR count). The molecule has 0 aliphatic carbocycles. The zero-order valence-corrected chi connectivity index (χ0v) is 25.2. The quantitative estimate of drug-likeness (QED) is 0.0561. The molecule has 46 heavy (non-hydrogen) atoms. The zero-order valence-electron chi connectivity index (χ0n) is 25.2. The Balaban J connectivity index is 1.28. The number of aromatic nitrogens is 4. The van der Waals surface area contributed by atoms with Crippen LogP contribution in [0.1, 0.15) is 57.2 Å². The van der Waals surface area contributed by atoms with E-state index in [0.717, 1.165) is 0 Å². The van der Waals surface area contributed by atoms with Gasteiger partial charge in [0.1, 0.15) is 0 Å². The van der Waals surface area contributed by atoms with E-state index in [9.17, 15) is 19.2 Å². The maximum Gasteiger partial charge on any atom is 0.340 e. The van der Waals surface area contributed by atoms with Gasteiger partial charge in [-0.3, -0.25) is 25.2 Å². The van der Waals surface area contributed by atoms with Gasteiger partial charge in [-0.1, -0.05) is 18.6 Å². The summed E-state index contributed by atoms with van der Waals surface area (Å²) in [5, 5.41) is 3.21. The van der Waals surface area contributed by atoms with Crippen molar-refractivity contribution in [3.8, 4) is 0 Å². The fourth-order valence-corrected chi connectivity index (χ4v) is 4.60. The summed E-state index contributed by atoms with van der Waals surface area (Å²) in [6.45, 7) is 0.539. The predicted molar refractivity (Wildman–Crippen MR) is 169 cm³/mol. The molecular weight excluding hydrogens is 596 g/mol. The van der Waals surface area contributed by atoms with Crippen molar-refractivity contribution in [3.63, 3.8) is 0 Å². The van der Waals surface area contributed by atoms with Crippen LogP contribution >= 0.6 is 0 Å². The summed E-state index contributed by atoms with van der Waals surface area (Å²) < 4.78 is 9.83. The largest absolute Gasteiger partial charge is 0.469 e. The Hall–Kier alpha value is -6.06. The molecule has 0 saturated heterocycles. The fourth-order valence-electron chi connectivity index (χ4n) is 4.60. The van der Waals surface area contributed by atoms with Crippen LogP contribution in [0.3, 0.4) is 0 Å². The average Bonchev–Trinajstić information content (AvgIpc) is 3.05. The van der Waals surface area contributed by atoms with E-state index in [4.69, 9.17) is 26.7 Å². The summed E-state index contributed by atoms with van der Waals surface area (Å²) in [6, 6.07) is 11.4. The van der Waals surface area contributed by atoms with Crippen molar-refractivity contribution in [3.05, 3.63) is 71.0 Å². The number of hydrazine groups is 1. The highest BCUT2D eigenvalue weighted by Gasteiger charge is 2.22. The Morgan fingerprint density at radius 1 is 0.891 bits per heavy atom. The second-order valence-corrected chi connectivity index (χ2v) is 10.1. The first-order valence-corrected chi connectivity index (χ1v) is 14.1. The molecule has 1 atom stereocenters. The van der Waals surface area contributed by atoms with Crippen molar-refractivity contribution in [2.45, 2.75) is 31.6 Å². The first-order chi connectivity index (χ1) is 22.1. The Bertz CT molecular complexity index is 1750. The van der Waals surface area contributed by atoms with E-state index in [2.05, 4.69) is 36.1 Å². The third-order valence-electron chi connectivity index (χ3n) is 6.90. The van der Waals surface area contributed by atoms with Crippen LogP contribution in [0.2, 0.25) is 0 Å². The molecule has 2 amide bonds. The summed E-state index contributed by atoms with van der Waals surface area (Å²) in [4.78, 5) is 65.8. The van der Waals surface area contributed by atoms with Gasteiger partial charge in [0, 0.05) is 23.5 Å². The van der Waals surface area contributed by atoms with Gasteiger partial charge in [-0.2, -0.15) is 9.97 Å². The number of ether oxygens (including phenoxy) is 2. The first kappa shape index (κ1) is 32.8. The number of hydrogen-bond acceptors (Lipinski definition) is 14. The number of unbranched alkanes of at least 4 members (excludes halogenated alkanes) is 1. The summed E-state index contributed by atoms with van der Waals surface area (Å²) in [6.07, 6.45) is 3.00. The third-order valence-corrected chi connectivity index (χ3v) is 6.90. The normalized spacial score (nSPS) is 11.3. The molecule has 2 aromatic heterocycles. The molecule has 240 valence electrons. The summed E-state index contributed by atoms with van der Waals surface area (Å²) in [7, 11) is 2.62. The van der Waals surface area contributed by atoms with Crippen molar-refractivity contribution in [1.82, 2.24) is 30.8 Å². The van der Waals surface area contributed by atoms with E-state index in [0.29, 0.717) is 48.3 Å². The molecule has 0 fully saturated rings. The topological polar surface area (TPSA) is 252 Å². The van der Waals surface area contributed by atoms with E-state index >= 15 is 0 Å². The summed E-state index contributed by atoms with van der Waals surface area (Å²) in [5.74, 6) is -2.58. The zero-order chi connectivity index (χ0) is 33.2. The van der Waals surface area contributed by atoms with Crippen LogP contribution in [0.5, 0.6) is 0 Å². The van der Waals surface area contributed by atoms with Gasteiger partial charge in [0.15, 0.2) is 17.0 Å². The van der Waals surface area contributed by atoms with Gasteiger partial charge < -0.3 is 32.0 Å². The van der Waals surface area contributed by atoms with Crippen molar-refractivity contribution in [2.24, 2.45) is 0 Å². The highest BCUT2D eigenvalue weighted by Crippen LogP contribution is 2.25. The van der Waals surface area contributed by atoms with E-state index in [1.54, 1.807) is 42.5 Å². The number of amides is 2. The van der Waals surface area contributed by atoms with Crippen LogP contribution in [-0.4, -0.2) is 64.5 Å². The molecule has 0 unspecified atom stereocenters. The van der Waals surface area contributed by atoms with Gasteiger partial charge in [0.25, 0.3) is 5.91 Å². The molecule has 0 aliphatic heterocycles. The number of nitrogens with one attached hydrogen (secondary N) is 3. The number of rotatable bonds is 12. The summed E-state index contributed by atoms with van der Waals surface area (Å²) >= 11 is 0. The van der Waals surface area contributed by atoms with E-state index in [-0.39, 0.29) is 40.6 Å². The molecule has 9 N–H and O–H groups in total. The van der Waals surface area contributed by atoms with Crippen LogP contribution in [0.25, 0.3) is 11.2 Å². The second-order valence-electron chi connectivity index (χ2n) is 10.1. The van der Waals surface area contributed by atoms with Crippen molar-refractivity contribution >= 4 is 58.1 Å². The lowest BCUT2D eigenvalue weighted by molar-refractivity contribution is -0.142. The van der Waals surface area contributed by atoms with Crippen molar-refractivity contribution < 1.29 is 28.7 Å². The van der Waals surface area contributed by atoms with E-state index in [1.807, 2.05) is 0 Å². The minimum Gasteiger partial charge on any atom is -0.469 e. The minimum absolute atomic E-state index is 0.0328. The van der Waals surface area contributed by atoms with Crippen LogP contribution < -0.4 is 33.4 Å². The molecule has 16 nitrogen and oxygen atoms in total. The molecule has 2 heterocycles. The Kier molecular flexibility index (Phi) is 10.8. The van der Waals surface area contributed by atoms with Gasteiger partial charge >= 0.3 is 11.9 Å². The highest BCUT2D eigenvalue weighted by atomic mass is 16.5. The number of nitrogens with two attached hydrogens (primary N) is 3. The number of nitrogen functional groups attached to an aromatic ring is 3. The molecule has 2 aromatic carbocycles. The molecule has 16 heteroatoms. The molecule has 0 bridgehead atoms. The number of carbonyl (C=O) groups excluding carboxylic acids is 4. The Morgan fingerprint density at radius 3 is 2.37 bits per heavy atom. The molecular formula is C30H34N10O6. The van der Waals surface area contributed by atoms with Gasteiger partial charge in [0.05, 0.1) is 44.0 Å². The van der Waals surface area contributed by atoms with E-state index in [1.165, 1.54) is 20.4 Å². The molecule has 0 aliphatic rings. The van der Waals surface area contributed by atoms with Crippen LogP contribution in [-0.2, 0) is 25.5 Å². The standard InChI is InChI=1S/C30H34N10O6/c1-45-28(43)20(5-3-4-12-34-22-11-10-18(31)13-21(22)29(44)46-2)16-6-8-17(9-7-16)27(42)40-39-23(41)14-19-15-35-26-24(36-19)25(32)37-30(33)38-26/h6-11,13,15,20,34H,3-5,12,14,31H2,1-2H3,(H,39,41)(H,40,42)(H4,32,33,35,37,38)/t20-/m0/s1. The third kappa shape index (κ3) is 8.31. The van der Waals surface area contributed by atoms with Gasteiger partial charge in [0.2, 0.25) is 11.9 Å². The lowest BCUT2D eigenvalue weighted by Crippen LogP contribution is -2.42. The number of nitrogens with zero attached hydrogens (tertiary/aromatic N) is 4. The van der Waals surface area contributed by atoms with Crippen molar-refractivity contribution in [2.75, 3.05) is 43.3 Å². The lowest BCUT2D eigenvalue weighted by atomic mass is 9.92. The number of fused-ring (bicyclic) bond motifs is 1. The number of hydrogen-bond donors (Lipinski definition) is 6. The average molecular weight is 631 g/mol. The number of esters is 2. The van der Waals surface area contributed by atoms with Gasteiger partial charge in [-0.15, -0.1) is 0 Å². The van der Waals surface area contributed by atoms with Crippen molar-refractivity contribution in [1.29, 1.82) is 0 Å². The smallest absolute Gasteiger partial charge is 0.340 e. The Morgan fingerprint density at radius 2 is 1.65 bits per heavy atom. The Labute approximate surface area is 263 Å². The number of anilines is 4. The maximum atomic E-state index is 12.7. The number of benzene rings is 2. The molecule has 4 aromatic rings. The fraction of sp³-hybridized carbons (Fsp3) is 0.267. The van der Waals surface area contributed by atoms with Gasteiger partial charge in [-0.05, 0) is 48.7 Å². The molecule has 0 saturated carbocycles. The van der Waals surface area contributed by atoms with Crippen LogP contribution in [0.15, 0.2) is 48.7 Å². The SMILES string of the molecule is COC(=O)c1cc(N)ccc1NCCCC[C@H](C(=O)OC)c1ccc(C(=O)NNC(=O)Cc2cnc3nc(N)nc(N)c3n2)cc1. The minimum atomic E-state index is -0.563. The monoisotopic (exact) mass is 630 g/mol. The summed E-state index contributed by atoms with van der Waals surface area (Å²) in [5.41, 5.74) is 24.8. The maximum absolute atomic E-state index is 12.7. The number of carbonyl (C=O) groups is 4. The van der Waals surface area contributed by atoms with Gasteiger partial charge in [-0.25, -0.2) is 14.8 Å². The molecule has 0 radical (unpaired) electrons.